The zero-order chi connectivity index (χ0) is 20.6. The minimum Gasteiger partial charge on any atom is -0.489 e. The summed E-state index contributed by atoms with van der Waals surface area (Å²) in [6.07, 6.45) is 3.45. The molecule has 148 valence electrons. The number of rotatable bonds is 7. The molecule has 0 spiro atoms. The maximum atomic E-state index is 12.3. The van der Waals surface area contributed by atoms with Crippen molar-refractivity contribution in [2.75, 3.05) is 5.32 Å². The molecule has 0 aliphatic heterocycles. The van der Waals surface area contributed by atoms with Crippen LogP contribution < -0.4 is 15.4 Å². The number of amides is 2. The molecule has 3 rings (SSSR count). The number of benzene rings is 2. The molecule has 0 radical (unpaired) electrons. The van der Waals surface area contributed by atoms with Crippen molar-refractivity contribution >= 4 is 29.1 Å². The summed E-state index contributed by atoms with van der Waals surface area (Å²) in [5.74, 6) is 0.00995. The second kappa shape index (κ2) is 9.71. The average molecular weight is 410 g/mol. The van der Waals surface area contributed by atoms with Gasteiger partial charge in [-0.15, -0.1) is 0 Å². The number of hydrogen-bond donors (Lipinski definition) is 2. The number of pyridine rings is 1. The number of carbonyl (C=O) groups excluding carboxylic acids is 2. The Morgan fingerprint density at radius 2 is 1.79 bits per heavy atom. The molecule has 2 amide bonds. The van der Waals surface area contributed by atoms with Crippen molar-refractivity contribution in [2.24, 2.45) is 0 Å². The Kier molecular flexibility index (Phi) is 6.81. The summed E-state index contributed by atoms with van der Waals surface area (Å²) < 4.78 is 5.69. The van der Waals surface area contributed by atoms with Crippen LogP contribution >= 0.6 is 11.6 Å². The maximum absolute atomic E-state index is 12.3. The van der Waals surface area contributed by atoms with Crippen molar-refractivity contribution in [2.45, 2.75) is 19.6 Å². The van der Waals surface area contributed by atoms with Gasteiger partial charge in [0.25, 0.3) is 5.91 Å². The van der Waals surface area contributed by atoms with Gasteiger partial charge in [0.1, 0.15) is 18.4 Å². The Labute approximate surface area is 173 Å². The van der Waals surface area contributed by atoms with E-state index < -0.39 is 6.04 Å². The molecule has 3 aromatic rings. The van der Waals surface area contributed by atoms with Crippen LogP contribution in [0.5, 0.6) is 5.75 Å². The number of halogens is 1. The number of nitrogens with zero attached hydrogens (tertiary/aromatic N) is 1. The summed E-state index contributed by atoms with van der Waals surface area (Å²) in [4.78, 5) is 28.6. The molecule has 6 nitrogen and oxygen atoms in total. The van der Waals surface area contributed by atoms with Crippen molar-refractivity contribution in [3.63, 3.8) is 0 Å². The highest BCUT2D eigenvalue weighted by Crippen LogP contribution is 2.17. The highest BCUT2D eigenvalue weighted by molar-refractivity contribution is 6.30. The topological polar surface area (TPSA) is 80.3 Å². The molecule has 7 heteroatoms. The Morgan fingerprint density at radius 3 is 2.45 bits per heavy atom. The first-order chi connectivity index (χ1) is 14.0. The zero-order valence-corrected chi connectivity index (χ0v) is 16.5. The molecule has 0 aliphatic carbocycles. The Bertz CT molecular complexity index is 961. The van der Waals surface area contributed by atoms with Crippen LogP contribution in [0.15, 0.2) is 73.1 Å². The lowest BCUT2D eigenvalue weighted by Crippen LogP contribution is -2.41. The third-order valence-electron chi connectivity index (χ3n) is 4.10. The fraction of sp³-hybridized carbons (Fsp3) is 0.136. The number of carbonyl (C=O) groups is 2. The van der Waals surface area contributed by atoms with Gasteiger partial charge in [-0.2, -0.15) is 0 Å². The van der Waals surface area contributed by atoms with Gasteiger partial charge in [-0.05, 0) is 61.5 Å². The molecule has 1 atom stereocenters. The van der Waals surface area contributed by atoms with Gasteiger partial charge < -0.3 is 15.4 Å². The zero-order valence-electron chi connectivity index (χ0n) is 15.8. The maximum Gasteiger partial charge on any atom is 0.251 e. The molecule has 2 aromatic carbocycles. The van der Waals surface area contributed by atoms with E-state index in [1.165, 1.54) is 0 Å². The lowest BCUT2D eigenvalue weighted by atomic mass is 10.2. The molecule has 1 heterocycles. The third-order valence-corrected chi connectivity index (χ3v) is 4.35. The molecule has 1 unspecified atom stereocenters. The summed E-state index contributed by atoms with van der Waals surface area (Å²) in [5.41, 5.74) is 2.01. The van der Waals surface area contributed by atoms with Gasteiger partial charge in [-0.3, -0.25) is 14.6 Å². The second-order valence-corrected chi connectivity index (χ2v) is 6.80. The lowest BCUT2D eigenvalue weighted by molar-refractivity contribution is -0.117. The highest BCUT2D eigenvalue weighted by atomic mass is 35.5. The van der Waals surface area contributed by atoms with Gasteiger partial charge in [0.05, 0.1) is 0 Å². The smallest absolute Gasteiger partial charge is 0.251 e. The van der Waals surface area contributed by atoms with Crippen molar-refractivity contribution in [1.29, 1.82) is 0 Å². The Balaban J connectivity index is 1.50. The van der Waals surface area contributed by atoms with Crippen LogP contribution in [0.25, 0.3) is 0 Å². The first kappa shape index (κ1) is 20.4. The van der Waals surface area contributed by atoms with Gasteiger partial charge in [0.15, 0.2) is 0 Å². The van der Waals surface area contributed by atoms with Crippen LogP contribution in [-0.4, -0.2) is 22.8 Å². The van der Waals surface area contributed by atoms with Gasteiger partial charge in [-0.25, -0.2) is 0 Å². The SMILES string of the molecule is CC(NC(=O)c1ccc(Cl)cc1)C(=O)Nc1ccc(OCc2cccnc2)cc1. The predicted octanol–water partition coefficient (Wildman–Crippen LogP) is 4.07. The summed E-state index contributed by atoms with van der Waals surface area (Å²) in [7, 11) is 0. The lowest BCUT2D eigenvalue weighted by Gasteiger charge is -2.14. The van der Waals surface area contributed by atoms with Gasteiger partial charge in [0.2, 0.25) is 5.91 Å². The molecular weight excluding hydrogens is 390 g/mol. The molecule has 2 N–H and O–H groups in total. The predicted molar refractivity (Wildman–Crippen MR) is 112 cm³/mol. The summed E-state index contributed by atoms with van der Waals surface area (Å²) in [6.45, 7) is 2.03. The largest absolute Gasteiger partial charge is 0.489 e. The highest BCUT2D eigenvalue weighted by Gasteiger charge is 2.16. The van der Waals surface area contributed by atoms with E-state index >= 15 is 0 Å². The number of ether oxygens (including phenoxy) is 1. The van der Waals surface area contributed by atoms with Crippen molar-refractivity contribution in [3.05, 3.63) is 89.2 Å². The van der Waals surface area contributed by atoms with Crippen LogP contribution in [-0.2, 0) is 11.4 Å². The average Bonchev–Trinajstić information content (AvgIpc) is 2.74. The standard InChI is InChI=1S/C22H20ClN3O3/c1-15(25-22(28)17-4-6-18(23)7-5-17)21(27)26-19-8-10-20(11-9-19)29-14-16-3-2-12-24-13-16/h2-13,15H,14H2,1H3,(H,25,28)(H,26,27). The minimum absolute atomic E-state index is 0.323. The molecular formula is C22H20ClN3O3. The van der Waals surface area contributed by atoms with Gasteiger partial charge >= 0.3 is 0 Å². The number of nitrogens with one attached hydrogen (secondary N) is 2. The van der Waals surface area contributed by atoms with Gasteiger partial charge in [-0.1, -0.05) is 17.7 Å². The minimum atomic E-state index is -0.709. The Morgan fingerprint density at radius 1 is 1.07 bits per heavy atom. The van der Waals surface area contributed by atoms with E-state index in [2.05, 4.69) is 15.6 Å². The normalized spacial score (nSPS) is 11.4. The second-order valence-electron chi connectivity index (χ2n) is 6.37. The van der Waals surface area contributed by atoms with Crippen LogP contribution in [0.1, 0.15) is 22.8 Å². The summed E-state index contributed by atoms with van der Waals surface area (Å²) in [5, 5.41) is 5.97. The Hall–Kier alpha value is -3.38. The molecule has 0 saturated heterocycles. The quantitative estimate of drug-likeness (QED) is 0.616. The first-order valence-corrected chi connectivity index (χ1v) is 9.38. The molecule has 0 aliphatic rings. The van der Waals surface area contributed by atoms with E-state index in [1.54, 1.807) is 67.8 Å². The van der Waals surface area contributed by atoms with E-state index in [-0.39, 0.29) is 11.8 Å². The van der Waals surface area contributed by atoms with Crippen molar-refractivity contribution in [3.8, 4) is 5.75 Å². The number of anilines is 1. The molecule has 29 heavy (non-hydrogen) atoms. The fourth-order valence-electron chi connectivity index (χ4n) is 2.48. The van der Waals surface area contributed by atoms with Gasteiger partial charge in [0, 0.05) is 34.2 Å². The van der Waals surface area contributed by atoms with Crippen molar-refractivity contribution in [1.82, 2.24) is 10.3 Å². The first-order valence-electron chi connectivity index (χ1n) is 9.00. The molecule has 0 saturated carbocycles. The third kappa shape index (κ3) is 6.05. The molecule has 0 fully saturated rings. The summed E-state index contributed by atoms with van der Waals surface area (Å²) >= 11 is 5.82. The number of aromatic nitrogens is 1. The van der Waals surface area contributed by atoms with Crippen LogP contribution in [0.3, 0.4) is 0 Å². The van der Waals surface area contributed by atoms with E-state index in [9.17, 15) is 9.59 Å². The monoisotopic (exact) mass is 409 g/mol. The van der Waals surface area contributed by atoms with Crippen LogP contribution in [0.2, 0.25) is 5.02 Å². The summed E-state index contributed by atoms with van der Waals surface area (Å²) in [6, 6.07) is 16.5. The van der Waals surface area contributed by atoms with Crippen molar-refractivity contribution < 1.29 is 14.3 Å². The van der Waals surface area contributed by atoms with E-state index in [0.29, 0.717) is 28.6 Å². The molecule has 1 aromatic heterocycles. The number of hydrogen-bond acceptors (Lipinski definition) is 4. The van der Waals surface area contributed by atoms with E-state index in [4.69, 9.17) is 16.3 Å². The van der Waals surface area contributed by atoms with Crippen LogP contribution in [0, 0.1) is 0 Å². The van der Waals surface area contributed by atoms with E-state index in [0.717, 1.165) is 5.56 Å². The fourth-order valence-corrected chi connectivity index (χ4v) is 2.61. The van der Waals surface area contributed by atoms with Crippen LogP contribution in [0.4, 0.5) is 5.69 Å². The molecule has 0 bridgehead atoms. The van der Waals surface area contributed by atoms with E-state index in [1.807, 2.05) is 12.1 Å².